The van der Waals surface area contributed by atoms with Crippen molar-refractivity contribution in [2.24, 2.45) is 0 Å². The van der Waals surface area contributed by atoms with Gasteiger partial charge in [-0.1, -0.05) is 19.1 Å². The predicted octanol–water partition coefficient (Wildman–Crippen LogP) is 3.46. The van der Waals surface area contributed by atoms with Crippen LogP contribution in [0.3, 0.4) is 0 Å². The van der Waals surface area contributed by atoms with Gasteiger partial charge in [-0.25, -0.2) is 4.39 Å². The minimum absolute atomic E-state index is 0.201. The number of fused-ring (bicyclic) bond motifs is 1. The molecule has 0 unspecified atom stereocenters. The van der Waals surface area contributed by atoms with E-state index in [9.17, 15) is 14.0 Å². The van der Waals surface area contributed by atoms with Crippen LogP contribution >= 0.6 is 0 Å². The van der Waals surface area contributed by atoms with Crippen molar-refractivity contribution < 1.29 is 23.5 Å². The van der Waals surface area contributed by atoms with Gasteiger partial charge in [0.1, 0.15) is 17.3 Å². The molecule has 0 aliphatic carbocycles. The van der Waals surface area contributed by atoms with Crippen LogP contribution in [0.4, 0.5) is 10.1 Å². The summed E-state index contributed by atoms with van der Waals surface area (Å²) in [6.45, 7) is 3.37. The van der Waals surface area contributed by atoms with Gasteiger partial charge >= 0.3 is 5.97 Å². The molecule has 1 amide bonds. The molecular weight excluding hydrogens is 325 g/mol. The Morgan fingerprint density at radius 1 is 1.28 bits per heavy atom. The van der Waals surface area contributed by atoms with Crippen molar-refractivity contribution in [3.05, 3.63) is 53.8 Å². The van der Waals surface area contributed by atoms with Gasteiger partial charge < -0.3 is 14.4 Å². The molecule has 0 saturated heterocycles. The van der Waals surface area contributed by atoms with E-state index in [1.54, 1.807) is 30.3 Å². The second-order valence-corrected chi connectivity index (χ2v) is 5.79. The van der Waals surface area contributed by atoms with E-state index in [1.807, 2.05) is 6.92 Å². The van der Waals surface area contributed by atoms with Crippen LogP contribution in [0.5, 0.6) is 11.5 Å². The summed E-state index contributed by atoms with van der Waals surface area (Å²) in [6, 6.07) is 11.0. The highest BCUT2D eigenvalue weighted by Crippen LogP contribution is 2.38. The van der Waals surface area contributed by atoms with Crippen molar-refractivity contribution in [1.82, 2.24) is 0 Å². The monoisotopic (exact) mass is 343 g/mol. The van der Waals surface area contributed by atoms with E-state index >= 15 is 0 Å². The lowest BCUT2D eigenvalue weighted by molar-refractivity contribution is -0.131. The van der Waals surface area contributed by atoms with Crippen LogP contribution in [-0.2, 0) is 16.1 Å². The lowest BCUT2D eigenvalue weighted by atomic mass is 10.1. The summed E-state index contributed by atoms with van der Waals surface area (Å²) in [6.07, 6.45) is -0.0792. The maximum Gasteiger partial charge on any atom is 0.308 e. The number of nitrogens with zero attached hydrogens (tertiary/aromatic N) is 1. The molecule has 2 aromatic carbocycles. The third kappa shape index (κ3) is 3.63. The molecule has 0 radical (unpaired) electrons. The van der Waals surface area contributed by atoms with E-state index in [4.69, 9.17) is 9.47 Å². The molecule has 1 atom stereocenters. The van der Waals surface area contributed by atoms with Gasteiger partial charge in [-0.2, -0.15) is 0 Å². The largest absolute Gasteiger partial charge is 0.478 e. The van der Waals surface area contributed by atoms with Crippen LogP contribution in [0.15, 0.2) is 42.5 Å². The van der Waals surface area contributed by atoms with Crippen LogP contribution in [0.25, 0.3) is 0 Å². The first kappa shape index (κ1) is 17.0. The number of amides is 1. The van der Waals surface area contributed by atoms with E-state index in [1.165, 1.54) is 24.0 Å². The van der Waals surface area contributed by atoms with Crippen LogP contribution in [0.1, 0.15) is 25.8 Å². The predicted molar refractivity (Wildman–Crippen MR) is 90.0 cm³/mol. The number of carbonyl (C=O) groups excluding carboxylic acids is 2. The zero-order valence-corrected chi connectivity index (χ0v) is 14.0. The van der Waals surface area contributed by atoms with Crippen molar-refractivity contribution in [1.29, 1.82) is 0 Å². The van der Waals surface area contributed by atoms with Crippen molar-refractivity contribution >= 4 is 17.6 Å². The van der Waals surface area contributed by atoms with Gasteiger partial charge in [0.2, 0.25) is 0 Å². The molecule has 0 N–H and O–H groups in total. The van der Waals surface area contributed by atoms with E-state index in [0.29, 0.717) is 29.2 Å². The molecule has 0 aromatic heterocycles. The Bertz CT molecular complexity index is 821. The van der Waals surface area contributed by atoms with Crippen molar-refractivity contribution in [3.63, 3.8) is 0 Å². The summed E-state index contributed by atoms with van der Waals surface area (Å²) in [5.74, 6) is -0.176. The number of carbonyl (C=O) groups is 2. The molecule has 25 heavy (non-hydrogen) atoms. The Kier molecular flexibility index (Phi) is 4.70. The number of anilines is 1. The minimum atomic E-state index is -0.597. The molecule has 0 saturated carbocycles. The lowest BCUT2D eigenvalue weighted by Crippen LogP contribution is -2.45. The van der Waals surface area contributed by atoms with Crippen molar-refractivity contribution in [2.45, 2.75) is 32.9 Å². The zero-order valence-electron chi connectivity index (χ0n) is 14.0. The summed E-state index contributed by atoms with van der Waals surface area (Å²) in [5, 5.41) is 0. The number of ether oxygens (including phenoxy) is 2. The van der Waals surface area contributed by atoms with E-state index in [2.05, 4.69) is 0 Å². The fourth-order valence-electron chi connectivity index (χ4n) is 2.77. The third-order valence-corrected chi connectivity index (χ3v) is 3.89. The lowest BCUT2D eigenvalue weighted by Gasteiger charge is -2.34. The van der Waals surface area contributed by atoms with Crippen LogP contribution in [0, 0.1) is 5.82 Å². The van der Waals surface area contributed by atoms with Gasteiger partial charge in [0, 0.05) is 13.0 Å². The summed E-state index contributed by atoms with van der Waals surface area (Å²) >= 11 is 0. The molecule has 0 fully saturated rings. The Morgan fingerprint density at radius 3 is 2.76 bits per heavy atom. The molecule has 1 heterocycles. The summed E-state index contributed by atoms with van der Waals surface area (Å²) < 4.78 is 24.3. The first-order valence-electron chi connectivity index (χ1n) is 8.03. The fourth-order valence-corrected chi connectivity index (χ4v) is 2.77. The van der Waals surface area contributed by atoms with E-state index in [-0.39, 0.29) is 18.3 Å². The Balaban J connectivity index is 2.00. The summed E-state index contributed by atoms with van der Waals surface area (Å²) in [7, 11) is 0. The number of rotatable bonds is 4. The molecular formula is C19H18FNO4. The molecule has 6 heteroatoms. The third-order valence-electron chi connectivity index (χ3n) is 3.89. The summed E-state index contributed by atoms with van der Waals surface area (Å²) in [5.41, 5.74) is 1.16. The summed E-state index contributed by atoms with van der Waals surface area (Å²) in [4.78, 5) is 25.5. The topological polar surface area (TPSA) is 55.8 Å². The number of hydrogen-bond donors (Lipinski definition) is 0. The second kappa shape index (κ2) is 6.93. The van der Waals surface area contributed by atoms with Crippen LogP contribution in [-0.4, -0.2) is 18.0 Å². The van der Waals surface area contributed by atoms with Crippen LogP contribution in [0.2, 0.25) is 0 Å². The van der Waals surface area contributed by atoms with Gasteiger partial charge in [-0.3, -0.25) is 9.59 Å². The number of hydrogen-bond acceptors (Lipinski definition) is 4. The molecule has 2 aromatic rings. The Hall–Kier alpha value is -2.89. The fraction of sp³-hybridized carbons (Fsp3) is 0.263. The Labute approximate surface area is 145 Å². The molecule has 3 rings (SSSR count). The average molecular weight is 343 g/mol. The van der Waals surface area contributed by atoms with Crippen LogP contribution < -0.4 is 14.4 Å². The molecule has 130 valence electrons. The first-order valence-corrected chi connectivity index (χ1v) is 8.03. The van der Waals surface area contributed by atoms with Gasteiger partial charge in [0.25, 0.3) is 5.91 Å². The number of halogens is 1. The second-order valence-electron chi connectivity index (χ2n) is 5.79. The highest BCUT2D eigenvalue weighted by atomic mass is 19.1. The van der Waals surface area contributed by atoms with Gasteiger partial charge in [0.05, 0.1) is 12.2 Å². The maximum atomic E-state index is 13.5. The van der Waals surface area contributed by atoms with E-state index < -0.39 is 12.1 Å². The number of benzene rings is 2. The molecule has 1 aliphatic heterocycles. The molecule has 0 spiro atoms. The van der Waals surface area contributed by atoms with Crippen molar-refractivity contribution in [2.75, 3.05) is 4.90 Å². The standard InChI is InChI=1S/C19H18FNO4/c1-3-17-19(23)21(11-13-5-4-6-14(20)9-13)16-10-15(24-12(2)22)7-8-18(16)25-17/h4-10,17H,3,11H2,1-2H3/t17-/m0/s1. The highest BCUT2D eigenvalue weighted by molar-refractivity contribution is 6.00. The van der Waals surface area contributed by atoms with Gasteiger partial charge in [-0.15, -0.1) is 0 Å². The zero-order chi connectivity index (χ0) is 18.0. The normalized spacial score (nSPS) is 16.2. The average Bonchev–Trinajstić information content (AvgIpc) is 2.57. The highest BCUT2D eigenvalue weighted by Gasteiger charge is 2.33. The maximum absolute atomic E-state index is 13.5. The van der Waals surface area contributed by atoms with Gasteiger partial charge in [-0.05, 0) is 36.2 Å². The molecule has 1 aliphatic rings. The smallest absolute Gasteiger partial charge is 0.308 e. The molecule has 0 bridgehead atoms. The first-order chi connectivity index (χ1) is 12.0. The quantitative estimate of drug-likeness (QED) is 0.630. The van der Waals surface area contributed by atoms with Gasteiger partial charge in [0.15, 0.2) is 6.10 Å². The number of esters is 1. The SMILES string of the molecule is CC[C@@H]1Oc2ccc(OC(C)=O)cc2N(Cc2cccc(F)c2)C1=O. The molecule has 5 nitrogen and oxygen atoms in total. The van der Waals surface area contributed by atoms with E-state index in [0.717, 1.165) is 0 Å². The Morgan fingerprint density at radius 2 is 2.08 bits per heavy atom. The van der Waals surface area contributed by atoms with Crippen molar-refractivity contribution in [3.8, 4) is 11.5 Å². The minimum Gasteiger partial charge on any atom is -0.478 e.